The number of nitriles is 1. The van der Waals surface area contributed by atoms with Gasteiger partial charge in [0.2, 0.25) is 0 Å². The van der Waals surface area contributed by atoms with E-state index < -0.39 is 23.6 Å². The maximum atomic E-state index is 13.4. The van der Waals surface area contributed by atoms with Crippen LogP contribution in [0.1, 0.15) is 55.5 Å². The van der Waals surface area contributed by atoms with Gasteiger partial charge in [0.05, 0.1) is 43.3 Å². The number of rotatable bonds is 8. The highest BCUT2D eigenvalue weighted by Gasteiger charge is 2.29. The monoisotopic (exact) mass is 543 g/mol. The third-order valence-corrected chi connectivity index (χ3v) is 5.59. The number of hydrogen-bond acceptors (Lipinski definition) is 8. The number of nitrogens with zero attached hydrogens (tertiary/aromatic N) is 3. The van der Waals surface area contributed by atoms with Gasteiger partial charge in [-0.1, -0.05) is 44.7 Å². The second-order valence-electron chi connectivity index (χ2n) is 10.6. The Kier molecular flexibility index (Phi) is 9.27. The van der Waals surface area contributed by atoms with Gasteiger partial charge in [0, 0.05) is 16.5 Å². The van der Waals surface area contributed by atoms with Crippen LogP contribution in [-0.2, 0) is 14.2 Å². The van der Waals surface area contributed by atoms with Gasteiger partial charge in [-0.3, -0.25) is 4.90 Å². The van der Waals surface area contributed by atoms with Gasteiger partial charge in [0.1, 0.15) is 11.3 Å². The van der Waals surface area contributed by atoms with Crippen molar-refractivity contribution in [3.8, 4) is 17.3 Å². The molecule has 3 aromatic rings. The molecular formula is C31H33N3O6. The standard InChI is InChI=1S/C31H33N3O6/c1-19(2)18-39-29(36)26-10-8-9-25(33-26)22-12-11-21-13-14-23(28(35)38-7)27(24(21)15-22)34(17-20(3)16-32)30(37)40-31(4,5)6/h8-15,19H,3,17-18H2,1-2,4-7H3. The maximum absolute atomic E-state index is 13.4. The molecule has 0 unspecified atom stereocenters. The molecule has 0 saturated carbocycles. The lowest BCUT2D eigenvalue weighted by Gasteiger charge is -2.29. The van der Waals surface area contributed by atoms with Crippen LogP contribution in [0.3, 0.4) is 0 Å². The molecule has 9 heteroatoms. The van der Waals surface area contributed by atoms with E-state index in [0.717, 1.165) is 0 Å². The van der Waals surface area contributed by atoms with E-state index in [1.165, 1.54) is 12.0 Å². The average Bonchev–Trinajstić information content (AvgIpc) is 2.92. The zero-order valence-corrected chi connectivity index (χ0v) is 23.6. The van der Waals surface area contributed by atoms with Crippen molar-refractivity contribution < 1.29 is 28.6 Å². The van der Waals surface area contributed by atoms with Gasteiger partial charge in [0.25, 0.3) is 0 Å². The van der Waals surface area contributed by atoms with Crippen LogP contribution < -0.4 is 4.90 Å². The Morgan fingerprint density at radius 2 is 1.77 bits per heavy atom. The number of methoxy groups -OCH3 is 1. The largest absolute Gasteiger partial charge is 0.465 e. The first kappa shape index (κ1) is 29.8. The molecule has 3 rings (SSSR count). The Morgan fingerprint density at radius 1 is 1.07 bits per heavy atom. The summed E-state index contributed by atoms with van der Waals surface area (Å²) < 4.78 is 16.0. The van der Waals surface area contributed by atoms with Crippen LogP contribution >= 0.6 is 0 Å². The van der Waals surface area contributed by atoms with Crippen molar-refractivity contribution in [2.75, 3.05) is 25.2 Å². The summed E-state index contributed by atoms with van der Waals surface area (Å²) in [5.41, 5.74) is 0.802. The summed E-state index contributed by atoms with van der Waals surface area (Å²) >= 11 is 0. The van der Waals surface area contributed by atoms with Crippen LogP contribution in [0, 0.1) is 17.2 Å². The number of benzene rings is 2. The Balaban J connectivity index is 2.23. The molecule has 0 atom stereocenters. The molecule has 2 aromatic carbocycles. The third kappa shape index (κ3) is 7.23. The number of aromatic nitrogens is 1. The van der Waals surface area contributed by atoms with Crippen LogP contribution in [0.4, 0.5) is 10.5 Å². The van der Waals surface area contributed by atoms with Crippen molar-refractivity contribution in [1.29, 1.82) is 5.26 Å². The summed E-state index contributed by atoms with van der Waals surface area (Å²) in [6.45, 7) is 12.8. The molecule has 0 fully saturated rings. The summed E-state index contributed by atoms with van der Waals surface area (Å²) in [5.74, 6) is -1.03. The number of anilines is 1. The molecule has 1 aromatic heterocycles. The first-order valence-electron chi connectivity index (χ1n) is 12.7. The second-order valence-corrected chi connectivity index (χ2v) is 10.6. The average molecular weight is 544 g/mol. The number of esters is 2. The van der Waals surface area contributed by atoms with Crippen LogP contribution in [-0.4, -0.2) is 48.9 Å². The van der Waals surface area contributed by atoms with E-state index in [1.54, 1.807) is 57.2 Å². The summed E-state index contributed by atoms with van der Waals surface area (Å²) in [4.78, 5) is 44.6. The van der Waals surface area contributed by atoms with Crippen LogP contribution in [0.2, 0.25) is 0 Å². The van der Waals surface area contributed by atoms with Gasteiger partial charge >= 0.3 is 18.0 Å². The SMILES string of the molecule is C=C(C#N)CN(C(=O)OC(C)(C)C)c1c(C(=O)OC)ccc2ccc(-c3cccc(C(=O)OCC(C)C)n3)cc12. The van der Waals surface area contributed by atoms with Gasteiger partial charge in [-0.15, -0.1) is 0 Å². The van der Waals surface area contributed by atoms with Crippen LogP contribution in [0.15, 0.2) is 60.7 Å². The zero-order chi connectivity index (χ0) is 29.6. The lowest BCUT2D eigenvalue weighted by atomic mass is 9.98. The molecule has 40 heavy (non-hydrogen) atoms. The van der Waals surface area contributed by atoms with Crippen LogP contribution in [0.5, 0.6) is 0 Å². The number of carbonyl (C=O) groups is 3. The van der Waals surface area contributed by atoms with E-state index in [2.05, 4.69) is 11.6 Å². The lowest BCUT2D eigenvalue weighted by Crippen LogP contribution is -2.39. The van der Waals surface area contributed by atoms with Crippen molar-refractivity contribution in [2.45, 2.75) is 40.2 Å². The summed E-state index contributed by atoms with van der Waals surface area (Å²) in [6, 6.07) is 15.7. The van der Waals surface area contributed by atoms with E-state index in [1.807, 2.05) is 32.0 Å². The molecule has 1 heterocycles. The van der Waals surface area contributed by atoms with Crippen molar-refractivity contribution in [2.24, 2.45) is 5.92 Å². The lowest BCUT2D eigenvalue weighted by molar-refractivity contribution is 0.0451. The number of amides is 1. The molecule has 0 spiro atoms. The molecular weight excluding hydrogens is 510 g/mol. The van der Waals surface area contributed by atoms with Crippen molar-refractivity contribution >= 4 is 34.5 Å². The van der Waals surface area contributed by atoms with E-state index in [0.29, 0.717) is 22.0 Å². The summed E-state index contributed by atoms with van der Waals surface area (Å²) in [6.07, 6.45) is -0.764. The van der Waals surface area contributed by atoms with E-state index in [9.17, 15) is 19.6 Å². The maximum Gasteiger partial charge on any atom is 0.415 e. The summed E-state index contributed by atoms with van der Waals surface area (Å²) in [5, 5.41) is 10.7. The Labute approximate surface area is 234 Å². The first-order chi connectivity index (χ1) is 18.8. The molecule has 0 N–H and O–H groups in total. The Morgan fingerprint density at radius 3 is 2.40 bits per heavy atom. The minimum Gasteiger partial charge on any atom is -0.465 e. The highest BCUT2D eigenvalue weighted by atomic mass is 16.6. The Hall–Kier alpha value is -4.71. The van der Waals surface area contributed by atoms with Crippen molar-refractivity contribution in [3.63, 3.8) is 0 Å². The van der Waals surface area contributed by atoms with Crippen molar-refractivity contribution in [3.05, 3.63) is 71.9 Å². The summed E-state index contributed by atoms with van der Waals surface area (Å²) in [7, 11) is 1.24. The van der Waals surface area contributed by atoms with Gasteiger partial charge in [-0.2, -0.15) is 5.26 Å². The fourth-order valence-electron chi connectivity index (χ4n) is 3.83. The number of pyridine rings is 1. The van der Waals surface area contributed by atoms with E-state index in [4.69, 9.17) is 14.2 Å². The molecule has 0 saturated heterocycles. The molecule has 0 aliphatic heterocycles. The number of hydrogen-bond donors (Lipinski definition) is 0. The second kappa shape index (κ2) is 12.4. The normalized spacial score (nSPS) is 11.1. The van der Waals surface area contributed by atoms with E-state index in [-0.39, 0.29) is 41.6 Å². The molecule has 9 nitrogen and oxygen atoms in total. The predicted molar refractivity (Wildman–Crippen MR) is 152 cm³/mol. The minimum atomic E-state index is -0.848. The van der Waals surface area contributed by atoms with Gasteiger partial charge in [0.15, 0.2) is 0 Å². The highest BCUT2D eigenvalue weighted by molar-refractivity contribution is 6.12. The quantitative estimate of drug-likeness (QED) is 0.184. The molecule has 1 amide bonds. The van der Waals surface area contributed by atoms with Gasteiger partial charge in [-0.25, -0.2) is 19.4 Å². The fourth-order valence-corrected chi connectivity index (χ4v) is 3.83. The van der Waals surface area contributed by atoms with Gasteiger partial charge in [-0.05, 0) is 56.3 Å². The molecule has 208 valence electrons. The number of fused-ring (bicyclic) bond motifs is 1. The topological polar surface area (TPSA) is 119 Å². The molecule has 0 radical (unpaired) electrons. The van der Waals surface area contributed by atoms with Gasteiger partial charge < -0.3 is 14.2 Å². The molecule has 0 aliphatic rings. The number of ether oxygens (including phenoxy) is 3. The van der Waals surface area contributed by atoms with Crippen LogP contribution in [0.25, 0.3) is 22.0 Å². The van der Waals surface area contributed by atoms with Crippen molar-refractivity contribution in [1.82, 2.24) is 4.98 Å². The third-order valence-electron chi connectivity index (χ3n) is 5.59. The highest BCUT2D eigenvalue weighted by Crippen LogP contribution is 2.36. The number of carbonyl (C=O) groups excluding carboxylic acids is 3. The molecule has 0 bridgehead atoms. The fraction of sp³-hybridized carbons (Fsp3) is 0.323. The van der Waals surface area contributed by atoms with E-state index >= 15 is 0 Å². The zero-order valence-electron chi connectivity index (χ0n) is 23.6. The Bertz CT molecular complexity index is 1500. The first-order valence-corrected chi connectivity index (χ1v) is 12.7. The molecule has 0 aliphatic carbocycles. The predicted octanol–water partition coefficient (Wildman–Crippen LogP) is 6.32. The smallest absolute Gasteiger partial charge is 0.415 e. The minimum absolute atomic E-state index is 0.0871.